The first kappa shape index (κ1) is 8.45. The van der Waals surface area contributed by atoms with Crippen molar-refractivity contribution in [2.75, 3.05) is 5.73 Å². The molecule has 0 saturated heterocycles. The predicted octanol–water partition coefficient (Wildman–Crippen LogP) is 3.29. The molecule has 1 saturated carbocycles. The van der Waals surface area contributed by atoms with Gasteiger partial charge in [-0.05, 0) is 31.0 Å². The molecular formula is C9H10BrNS. The third kappa shape index (κ3) is 1.96. The van der Waals surface area contributed by atoms with Crippen molar-refractivity contribution in [1.29, 1.82) is 0 Å². The Balaban J connectivity index is 2.18. The summed E-state index contributed by atoms with van der Waals surface area (Å²) in [5.41, 5.74) is 6.74. The first-order valence-electron chi connectivity index (χ1n) is 3.97. The number of nitrogen functional groups attached to an aromatic ring is 1. The van der Waals surface area contributed by atoms with E-state index in [0.29, 0.717) is 0 Å². The molecule has 1 nitrogen and oxygen atoms in total. The van der Waals surface area contributed by atoms with Crippen LogP contribution in [0.25, 0.3) is 0 Å². The highest BCUT2D eigenvalue weighted by atomic mass is 79.9. The standard InChI is InChI=1S/C9H10BrNS/c10-6-1-4-9(8(11)5-6)12-7-2-3-7/h1,4-5,7H,2-3,11H2. The van der Waals surface area contributed by atoms with Crippen molar-refractivity contribution in [2.45, 2.75) is 23.0 Å². The quantitative estimate of drug-likeness (QED) is 0.808. The van der Waals surface area contributed by atoms with Crippen LogP contribution in [0.3, 0.4) is 0 Å². The Morgan fingerprint density at radius 1 is 1.42 bits per heavy atom. The van der Waals surface area contributed by atoms with E-state index >= 15 is 0 Å². The lowest BCUT2D eigenvalue weighted by Crippen LogP contribution is -1.88. The lowest BCUT2D eigenvalue weighted by Gasteiger charge is -2.03. The van der Waals surface area contributed by atoms with E-state index in [4.69, 9.17) is 5.73 Å². The molecule has 0 aromatic heterocycles. The second-order valence-electron chi connectivity index (χ2n) is 3.00. The van der Waals surface area contributed by atoms with Crippen molar-refractivity contribution < 1.29 is 0 Å². The van der Waals surface area contributed by atoms with E-state index in [2.05, 4.69) is 22.0 Å². The molecule has 3 heteroatoms. The summed E-state index contributed by atoms with van der Waals surface area (Å²) in [4.78, 5) is 1.22. The maximum Gasteiger partial charge on any atom is 0.0463 e. The van der Waals surface area contributed by atoms with Gasteiger partial charge in [-0.2, -0.15) is 0 Å². The van der Waals surface area contributed by atoms with Gasteiger partial charge < -0.3 is 5.73 Å². The van der Waals surface area contributed by atoms with Gasteiger partial charge in [-0.15, -0.1) is 11.8 Å². The van der Waals surface area contributed by atoms with E-state index in [-0.39, 0.29) is 0 Å². The molecule has 1 aromatic rings. The number of benzene rings is 1. The normalized spacial score (nSPS) is 16.4. The van der Waals surface area contributed by atoms with E-state index in [1.807, 2.05) is 23.9 Å². The highest BCUT2D eigenvalue weighted by molar-refractivity contribution is 9.10. The molecule has 0 radical (unpaired) electrons. The van der Waals surface area contributed by atoms with Crippen molar-refractivity contribution in [3.05, 3.63) is 22.7 Å². The minimum absolute atomic E-state index is 0.827. The van der Waals surface area contributed by atoms with Gasteiger partial charge in [0.1, 0.15) is 0 Å². The zero-order valence-corrected chi connectivity index (χ0v) is 8.99. The monoisotopic (exact) mass is 243 g/mol. The van der Waals surface area contributed by atoms with Gasteiger partial charge in [0, 0.05) is 20.3 Å². The molecule has 12 heavy (non-hydrogen) atoms. The minimum atomic E-state index is 0.827. The summed E-state index contributed by atoms with van der Waals surface area (Å²) >= 11 is 5.29. The van der Waals surface area contributed by atoms with E-state index < -0.39 is 0 Å². The van der Waals surface area contributed by atoms with Crippen molar-refractivity contribution in [3.63, 3.8) is 0 Å². The van der Waals surface area contributed by atoms with Crippen LogP contribution in [0.15, 0.2) is 27.6 Å². The smallest absolute Gasteiger partial charge is 0.0463 e. The fourth-order valence-corrected chi connectivity index (χ4v) is 2.44. The number of rotatable bonds is 2. The maximum absolute atomic E-state index is 5.85. The molecule has 1 aromatic carbocycles. The van der Waals surface area contributed by atoms with Crippen molar-refractivity contribution in [2.24, 2.45) is 0 Å². The first-order chi connectivity index (χ1) is 5.75. The van der Waals surface area contributed by atoms with Crippen LogP contribution in [0.1, 0.15) is 12.8 Å². The maximum atomic E-state index is 5.85. The van der Waals surface area contributed by atoms with Gasteiger partial charge in [0.15, 0.2) is 0 Å². The summed E-state index contributed by atoms with van der Waals surface area (Å²) in [7, 11) is 0. The summed E-state index contributed by atoms with van der Waals surface area (Å²) in [6.07, 6.45) is 2.69. The van der Waals surface area contributed by atoms with E-state index in [9.17, 15) is 0 Å². The molecule has 64 valence electrons. The topological polar surface area (TPSA) is 26.0 Å². The third-order valence-corrected chi connectivity index (χ3v) is 3.71. The van der Waals surface area contributed by atoms with Crippen LogP contribution in [0.5, 0.6) is 0 Å². The van der Waals surface area contributed by atoms with Crippen LogP contribution in [-0.2, 0) is 0 Å². The number of nitrogens with two attached hydrogens (primary N) is 1. The van der Waals surface area contributed by atoms with Crippen LogP contribution in [0.2, 0.25) is 0 Å². The molecule has 0 unspecified atom stereocenters. The first-order valence-corrected chi connectivity index (χ1v) is 5.64. The number of hydrogen-bond donors (Lipinski definition) is 1. The van der Waals surface area contributed by atoms with E-state index in [1.165, 1.54) is 17.7 Å². The minimum Gasteiger partial charge on any atom is -0.398 e. The lowest BCUT2D eigenvalue weighted by molar-refractivity contribution is 1.41. The van der Waals surface area contributed by atoms with Crippen molar-refractivity contribution >= 4 is 33.4 Å². The average Bonchev–Trinajstić information content (AvgIpc) is 2.79. The Kier molecular flexibility index (Phi) is 2.33. The summed E-state index contributed by atoms with van der Waals surface area (Å²) in [6, 6.07) is 6.09. The number of anilines is 1. The molecule has 2 N–H and O–H groups in total. The predicted molar refractivity (Wildman–Crippen MR) is 57.4 cm³/mol. The number of hydrogen-bond acceptors (Lipinski definition) is 2. The van der Waals surface area contributed by atoms with Gasteiger partial charge in [-0.25, -0.2) is 0 Å². The average molecular weight is 244 g/mol. The molecule has 2 rings (SSSR count). The Hall–Kier alpha value is -0.150. The molecule has 1 aliphatic carbocycles. The van der Waals surface area contributed by atoms with Crippen molar-refractivity contribution in [3.8, 4) is 0 Å². The molecule has 0 bridgehead atoms. The number of thioether (sulfide) groups is 1. The van der Waals surface area contributed by atoms with Gasteiger partial charge in [0.05, 0.1) is 0 Å². The van der Waals surface area contributed by atoms with Crippen molar-refractivity contribution in [1.82, 2.24) is 0 Å². The Morgan fingerprint density at radius 3 is 2.75 bits per heavy atom. The molecule has 1 aliphatic rings. The molecular weight excluding hydrogens is 234 g/mol. The Morgan fingerprint density at radius 2 is 2.17 bits per heavy atom. The van der Waals surface area contributed by atoms with Gasteiger partial charge in [-0.3, -0.25) is 0 Å². The Bertz CT molecular complexity index is 297. The largest absolute Gasteiger partial charge is 0.398 e. The van der Waals surface area contributed by atoms with Gasteiger partial charge in [0.2, 0.25) is 0 Å². The number of halogens is 1. The van der Waals surface area contributed by atoms with Gasteiger partial charge in [-0.1, -0.05) is 15.9 Å². The second-order valence-corrected chi connectivity index (χ2v) is 5.26. The molecule has 1 fully saturated rings. The molecule has 0 aliphatic heterocycles. The van der Waals surface area contributed by atoms with Gasteiger partial charge in [0.25, 0.3) is 0 Å². The second kappa shape index (κ2) is 3.30. The summed E-state index contributed by atoms with van der Waals surface area (Å²) in [6.45, 7) is 0. The molecule has 0 spiro atoms. The highest BCUT2D eigenvalue weighted by Crippen LogP contribution is 2.41. The molecule has 0 amide bonds. The van der Waals surface area contributed by atoms with E-state index in [0.717, 1.165) is 15.4 Å². The van der Waals surface area contributed by atoms with Crippen LogP contribution in [0, 0.1) is 0 Å². The van der Waals surface area contributed by atoms with E-state index in [1.54, 1.807) is 0 Å². The zero-order valence-electron chi connectivity index (χ0n) is 6.59. The zero-order chi connectivity index (χ0) is 8.55. The molecule has 0 heterocycles. The molecule has 0 atom stereocenters. The fraction of sp³-hybridized carbons (Fsp3) is 0.333. The van der Waals surface area contributed by atoms with Crippen LogP contribution in [0.4, 0.5) is 5.69 Å². The van der Waals surface area contributed by atoms with Crippen LogP contribution < -0.4 is 5.73 Å². The highest BCUT2D eigenvalue weighted by Gasteiger charge is 2.23. The van der Waals surface area contributed by atoms with Gasteiger partial charge >= 0.3 is 0 Å². The Labute approximate surface area is 84.9 Å². The fourth-order valence-electron chi connectivity index (χ4n) is 0.992. The summed E-state index contributed by atoms with van der Waals surface area (Å²) in [5, 5.41) is 0.827. The summed E-state index contributed by atoms with van der Waals surface area (Å²) in [5.74, 6) is 0. The lowest BCUT2D eigenvalue weighted by atomic mass is 10.3. The summed E-state index contributed by atoms with van der Waals surface area (Å²) < 4.78 is 1.06. The van der Waals surface area contributed by atoms with Crippen LogP contribution >= 0.6 is 27.7 Å². The SMILES string of the molecule is Nc1cc(Br)ccc1SC1CC1. The van der Waals surface area contributed by atoms with Crippen LogP contribution in [-0.4, -0.2) is 5.25 Å². The third-order valence-electron chi connectivity index (χ3n) is 1.79.